The highest BCUT2D eigenvalue weighted by molar-refractivity contribution is 5.85. The van der Waals surface area contributed by atoms with Gasteiger partial charge in [-0.1, -0.05) is 0 Å². The smallest absolute Gasteiger partial charge is 0.255 e. The molecule has 2 heterocycles. The largest absolute Gasteiger partial charge is 0.362 e. The number of rotatable bonds is 2. The molecule has 1 aliphatic rings. The number of carbonyl (C=O) groups is 1. The number of hydrogen-bond donors (Lipinski definition) is 0. The second-order valence-corrected chi connectivity index (χ2v) is 4.76. The van der Waals surface area contributed by atoms with Gasteiger partial charge in [0.1, 0.15) is 5.82 Å². The molecule has 0 unspecified atom stereocenters. The molecule has 6 nitrogen and oxygen atoms in total. The van der Waals surface area contributed by atoms with E-state index in [1.54, 1.807) is 37.6 Å². The Bertz CT molecular complexity index is 423. The molecule has 1 amide bonds. The molecular formula is C12H18N4O2. The highest BCUT2D eigenvalue weighted by atomic mass is 16.5. The van der Waals surface area contributed by atoms with E-state index >= 15 is 0 Å². The van der Waals surface area contributed by atoms with Crippen LogP contribution in [-0.4, -0.2) is 60.2 Å². The van der Waals surface area contributed by atoms with Crippen LogP contribution in [0.5, 0.6) is 0 Å². The standard InChI is InChI=1S/C12H18N4O2/c1-12(11(17)15(2)3)9-16(6-7-18-12)10-8-13-4-5-14-10/h4-5,8H,6-7,9H2,1-3H3/t12-/m1/s1. The summed E-state index contributed by atoms with van der Waals surface area (Å²) in [4.78, 5) is 24.0. The molecule has 0 spiro atoms. The van der Waals surface area contributed by atoms with Crippen LogP contribution < -0.4 is 4.90 Å². The van der Waals surface area contributed by atoms with Gasteiger partial charge >= 0.3 is 0 Å². The van der Waals surface area contributed by atoms with Gasteiger partial charge in [0, 0.05) is 33.0 Å². The van der Waals surface area contributed by atoms with E-state index in [1.807, 2.05) is 11.8 Å². The Kier molecular flexibility index (Phi) is 3.47. The van der Waals surface area contributed by atoms with Crippen LogP contribution in [0.2, 0.25) is 0 Å². The maximum absolute atomic E-state index is 12.1. The molecule has 18 heavy (non-hydrogen) atoms. The molecule has 1 fully saturated rings. The van der Waals surface area contributed by atoms with Crippen molar-refractivity contribution in [1.82, 2.24) is 14.9 Å². The number of carbonyl (C=O) groups excluding carboxylic acids is 1. The van der Waals surface area contributed by atoms with Crippen molar-refractivity contribution in [1.29, 1.82) is 0 Å². The lowest BCUT2D eigenvalue weighted by molar-refractivity contribution is -0.155. The Balaban J connectivity index is 2.16. The molecule has 0 saturated carbocycles. The molecule has 1 atom stereocenters. The second kappa shape index (κ2) is 4.89. The van der Waals surface area contributed by atoms with Crippen molar-refractivity contribution in [2.45, 2.75) is 12.5 Å². The number of aromatic nitrogens is 2. The van der Waals surface area contributed by atoms with Crippen LogP contribution in [0, 0.1) is 0 Å². The number of anilines is 1. The maximum atomic E-state index is 12.1. The van der Waals surface area contributed by atoms with Gasteiger partial charge < -0.3 is 14.5 Å². The molecule has 0 aromatic carbocycles. The van der Waals surface area contributed by atoms with Gasteiger partial charge in [-0.3, -0.25) is 9.78 Å². The van der Waals surface area contributed by atoms with Crippen molar-refractivity contribution in [3.63, 3.8) is 0 Å². The highest BCUT2D eigenvalue weighted by Crippen LogP contribution is 2.22. The van der Waals surface area contributed by atoms with E-state index in [0.717, 1.165) is 12.4 Å². The lowest BCUT2D eigenvalue weighted by Gasteiger charge is -2.40. The fourth-order valence-electron chi connectivity index (χ4n) is 2.12. The molecule has 0 aliphatic carbocycles. The minimum absolute atomic E-state index is 0.0314. The van der Waals surface area contributed by atoms with Gasteiger partial charge in [-0.05, 0) is 6.92 Å². The molecular weight excluding hydrogens is 232 g/mol. The lowest BCUT2D eigenvalue weighted by Crippen LogP contribution is -2.58. The van der Waals surface area contributed by atoms with Crippen LogP contribution in [0.1, 0.15) is 6.92 Å². The Morgan fingerprint density at radius 3 is 2.89 bits per heavy atom. The average Bonchev–Trinajstić information content (AvgIpc) is 2.39. The zero-order chi connectivity index (χ0) is 13.2. The summed E-state index contributed by atoms with van der Waals surface area (Å²) in [5, 5.41) is 0. The molecule has 0 bridgehead atoms. The van der Waals surface area contributed by atoms with E-state index in [1.165, 1.54) is 0 Å². The van der Waals surface area contributed by atoms with E-state index in [-0.39, 0.29) is 5.91 Å². The molecule has 1 aliphatic heterocycles. The van der Waals surface area contributed by atoms with E-state index in [9.17, 15) is 4.79 Å². The van der Waals surface area contributed by atoms with Crippen molar-refractivity contribution >= 4 is 11.7 Å². The van der Waals surface area contributed by atoms with Crippen LogP contribution >= 0.6 is 0 Å². The molecule has 2 rings (SSSR count). The number of ether oxygens (including phenoxy) is 1. The molecule has 1 aromatic rings. The van der Waals surface area contributed by atoms with Gasteiger partial charge in [-0.25, -0.2) is 4.98 Å². The van der Waals surface area contributed by atoms with Crippen molar-refractivity contribution in [3.8, 4) is 0 Å². The highest BCUT2D eigenvalue weighted by Gasteiger charge is 2.40. The number of morpholine rings is 1. The number of amides is 1. The quantitative estimate of drug-likeness (QED) is 0.748. The minimum Gasteiger partial charge on any atom is -0.362 e. The van der Waals surface area contributed by atoms with Gasteiger partial charge in [0.2, 0.25) is 0 Å². The first-order valence-corrected chi connectivity index (χ1v) is 5.89. The number of nitrogens with zero attached hydrogens (tertiary/aromatic N) is 4. The first-order valence-electron chi connectivity index (χ1n) is 5.89. The van der Waals surface area contributed by atoms with Crippen molar-refractivity contribution < 1.29 is 9.53 Å². The van der Waals surface area contributed by atoms with Crippen LogP contribution in [0.4, 0.5) is 5.82 Å². The van der Waals surface area contributed by atoms with Gasteiger partial charge in [0.25, 0.3) is 5.91 Å². The lowest BCUT2D eigenvalue weighted by atomic mass is 10.0. The molecule has 1 aromatic heterocycles. The minimum atomic E-state index is -0.820. The van der Waals surface area contributed by atoms with Crippen LogP contribution in [0.15, 0.2) is 18.6 Å². The molecule has 1 saturated heterocycles. The normalized spacial score (nSPS) is 23.8. The summed E-state index contributed by atoms with van der Waals surface area (Å²) in [6, 6.07) is 0. The average molecular weight is 250 g/mol. The third-order valence-corrected chi connectivity index (χ3v) is 3.01. The third-order valence-electron chi connectivity index (χ3n) is 3.01. The van der Waals surface area contributed by atoms with Crippen LogP contribution in [0.25, 0.3) is 0 Å². The van der Waals surface area contributed by atoms with Crippen molar-refractivity contribution in [2.24, 2.45) is 0 Å². The fourth-order valence-corrected chi connectivity index (χ4v) is 2.12. The zero-order valence-electron chi connectivity index (χ0n) is 11.0. The molecule has 6 heteroatoms. The summed E-state index contributed by atoms with van der Waals surface area (Å²) in [7, 11) is 3.47. The van der Waals surface area contributed by atoms with Crippen LogP contribution in [0.3, 0.4) is 0 Å². The van der Waals surface area contributed by atoms with Gasteiger partial charge in [0.15, 0.2) is 5.60 Å². The SMILES string of the molecule is CN(C)C(=O)[C@@]1(C)CN(c2cnccn2)CCO1. The van der Waals surface area contributed by atoms with Crippen molar-refractivity contribution in [3.05, 3.63) is 18.6 Å². The summed E-state index contributed by atoms with van der Waals surface area (Å²) >= 11 is 0. The number of hydrogen-bond acceptors (Lipinski definition) is 5. The summed E-state index contributed by atoms with van der Waals surface area (Å²) in [5.74, 6) is 0.745. The van der Waals surface area contributed by atoms with Gasteiger partial charge in [-0.15, -0.1) is 0 Å². The molecule has 0 radical (unpaired) electrons. The number of likely N-dealkylation sites (N-methyl/N-ethyl adjacent to an activating group) is 1. The molecule has 0 N–H and O–H groups in total. The van der Waals surface area contributed by atoms with Gasteiger partial charge in [-0.2, -0.15) is 0 Å². The predicted molar refractivity (Wildman–Crippen MR) is 67.3 cm³/mol. The summed E-state index contributed by atoms with van der Waals surface area (Å²) in [6.45, 7) is 3.53. The topological polar surface area (TPSA) is 58.6 Å². The monoisotopic (exact) mass is 250 g/mol. The second-order valence-electron chi connectivity index (χ2n) is 4.76. The van der Waals surface area contributed by atoms with Crippen LogP contribution in [-0.2, 0) is 9.53 Å². The predicted octanol–water partition coefficient (Wildman–Crippen LogP) is 0.160. The Morgan fingerprint density at radius 1 is 1.50 bits per heavy atom. The first kappa shape index (κ1) is 12.8. The first-order chi connectivity index (χ1) is 8.53. The van der Waals surface area contributed by atoms with E-state index in [2.05, 4.69) is 9.97 Å². The summed E-state index contributed by atoms with van der Waals surface area (Å²) in [5.41, 5.74) is -0.820. The summed E-state index contributed by atoms with van der Waals surface area (Å²) in [6.07, 6.45) is 4.98. The van der Waals surface area contributed by atoms with Crippen molar-refractivity contribution in [2.75, 3.05) is 38.7 Å². The Labute approximate surface area is 107 Å². The third kappa shape index (κ3) is 2.43. The van der Waals surface area contributed by atoms with E-state index < -0.39 is 5.60 Å². The fraction of sp³-hybridized carbons (Fsp3) is 0.583. The summed E-state index contributed by atoms with van der Waals surface area (Å²) < 4.78 is 5.66. The van der Waals surface area contributed by atoms with Gasteiger partial charge in [0.05, 0.1) is 19.3 Å². The Hall–Kier alpha value is -1.69. The van der Waals surface area contributed by atoms with E-state index in [4.69, 9.17) is 4.74 Å². The maximum Gasteiger partial charge on any atom is 0.255 e. The van der Waals surface area contributed by atoms with E-state index in [0.29, 0.717) is 13.2 Å². The Morgan fingerprint density at radius 2 is 2.28 bits per heavy atom. The zero-order valence-corrected chi connectivity index (χ0v) is 11.0. The molecule has 98 valence electrons.